The van der Waals surface area contributed by atoms with E-state index < -0.39 is 0 Å². The minimum Gasteiger partial charge on any atom is -0.356 e. The fourth-order valence-corrected chi connectivity index (χ4v) is 2.49. The zero-order valence-corrected chi connectivity index (χ0v) is 17.1. The van der Waals surface area contributed by atoms with Crippen molar-refractivity contribution in [3.63, 3.8) is 0 Å². The number of nitrogens with one attached hydrogen (secondary N) is 2. The van der Waals surface area contributed by atoms with Crippen LogP contribution in [0.15, 0.2) is 35.6 Å². The van der Waals surface area contributed by atoms with Gasteiger partial charge in [-0.05, 0) is 24.1 Å². The van der Waals surface area contributed by atoms with Gasteiger partial charge in [-0.15, -0.1) is 34.2 Å². The molecule has 2 N–H and O–H groups in total. The van der Waals surface area contributed by atoms with Gasteiger partial charge < -0.3 is 15.2 Å². The highest BCUT2D eigenvalue weighted by molar-refractivity contribution is 14.0. The summed E-state index contributed by atoms with van der Waals surface area (Å²) in [6.45, 7) is 4.45. The molecule has 0 unspecified atom stereocenters. The molecular formula is C16H24ClIN6. The quantitative estimate of drug-likeness (QED) is 0.377. The van der Waals surface area contributed by atoms with E-state index in [9.17, 15) is 0 Å². The van der Waals surface area contributed by atoms with Gasteiger partial charge >= 0.3 is 0 Å². The van der Waals surface area contributed by atoms with Crippen molar-refractivity contribution in [1.82, 2.24) is 25.4 Å². The van der Waals surface area contributed by atoms with Crippen LogP contribution < -0.4 is 10.6 Å². The van der Waals surface area contributed by atoms with Gasteiger partial charge in [-0.2, -0.15) is 0 Å². The Bertz CT molecular complexity index is 643. The summed E-state index contributed by atoms with van der Waals surface area (Å²) < 4.78 is 2.05. The molecule has 0 aliphatic rings. The lowest BCUT2D eigenvalue weighted by Crippen LogP contribution is -2.39. The molecule has 1 aromatic carbocycles. The standard InChI is InChI=1S/C16H23ClN6.HI/c1-3-15-22-21-12-23(15)10-9-20-16(18-2)19-8-7-13-5-4-6-14(17)11-13;/h4-6,11-12H,3,7-10H2,1-2H3,(H2,18,19,20);1H. The van der Waals surface area contributed by atoms with Crippen molar-refractivity contribution in [3.05, 3.63) is 47.0 Å². The molecule has 0 saturated heterocycles. The first kappa shape index (κ1) is 20.7. The van der Waals surface area contributed by atoms with Crippen molar-refractivity contribution >= 4 is 41.5 Å². The van der Waals surface area contributed by atoms with Crippen molar-refractivity contribution in [1.29, 1.82) is 0 Å². The van der Waals surface area contributed by atoms with Gasteiger partial charge in [0.25, 0.3) is 0 Å². The second-order valence-corrected chi connectivity index (χ2v) is 5.54. The van der Waals surface area contributed by atoms with Crippen LogP contribution in [0.3, 0.4) is 0 Å². The molecule has 132 valence electrons. The van der Waals surface area contributed by atoms with E-state index in [1.54, 1.807) is 13.4 Å². The normalized spacial score (nSPS) is 11.0. The number of hydrogen-bond acceptors (Lipinski definition) is 3. The summed E-state index contributed by atoms with van der Waals surface area (Å²) >= 11 is 5.99. The van der Waals surface area contributed by atoms with Crippen LogP contribution in [0, 0.1) is 0 Å². The number of nitrogens with zero attached hydrogens (tertiary/aromatic N) is 4. The Morgan fingerprint density at radius 1 is 1.29 bits per heavy atom. The minimum atomic E-state index is 0. The van der Waals surface area contributed by atoms with Crippen LogP contribution in [-0.4, -0.2) is 40.9 Å². The molecule has 6 nitrogen and oxygen atoms in total. The molecule has 0 atom stereocenters. The van der Waals surface area contributed by atoms with E-state index in [0.717, 1.165) is 49.3 Å². The van der Waals surface area contributed by atoms with Gasteiger partial charge in [-0.3, -0.25) is 4.99 Å². The van der Waals surface area contributed by atoms with Gasteiger partial charge in [0.15, 0.2) is 5.96 Å². The highest BCUT2D eigenvalue weighted by atomic mass is 127. The number of halogens is 2. The van der Waals surface area contributed by atoms with Crippen molar-refractivity contribution in [3.8, 4) is 0 Å². The van der Waals surface area contributed by atoms with Crippen LogP contribution in [0.5, 0.6) is 0 Å². The maximum atomic E-state index is 5.99. The molecule has 0 saturated carbocycles. The lowest BCUT2D eigenvalue weighted by atomic mass is 10.1. The van der Waals surface area contributed by atoms with Gasteiger partial charge in [-0.1, -0.05) is 30.7 Å². The van der Waals surface area contributed by atoms with Crippen molar-refractivity contribution in [2.45, 2.75) is 26.3 Å². The number of aromatic nitrogens is 3. The third-order valence-electron chi connectivity index (χ3n) is 3.48. The first-order valence-electron chi connectivity index (χ1n) is 7.78. The van der Waals surface area contributed by atoms with E-state index in [-0.39, 0.29) is 24.0 Å². The molecule has 2 rings (SSSR count). The Morgan fingerprint density at radius 3 is 2.79 bits per heavy atom. The third-order valence-corrected chi connectivity index (χ3v) is 3.71. The topological polar surface area (TPSA) is 67.1 Å². The highest BCUT2D eigenvalue weighted by Crippen LogP contribution is 2.10. The summed E-state index contributed by atoms with van der Waals surface area (Å²) in [4.78, 5) is 4.23. The lowest BCUT2D eigenvalue weighted by Gasteiger charge is -2.12. The monoisotopic (exact) mass is 462 g/mol. The Balaban J connectivity index is 0.00000288. The highest BCUT2D eigenvalue weighted by Gasteiger charge is 2.02. The van der Waals surface area contributed by atoms with Crippen LogP contribution in [0.25, 0.3) is 0 Å². The van der Waals surface area contributed by atoms with E-state index in [4.69, 9.17) is 11.6 Å². The smallest absolute Gasteiger partial charge is 0.191 e. The Labute approximate surface area is 165 Å². The SMILES string of the molecule is CCc1nncn1CCNC(=NC)NCCc1cccc(Cl)c1.I. The summed E-state index contributed by atoms with van der Waals surface area (Å²) in [5.74, 6) is 1.79. The molecule has 8 heteroatoms. The largest absolute Gasteiger partial charge is 0.356 e. The maximum absolute atomic E-state index is 5.99. The molecule has 1 heterocycles. The number of benzene rings is 1. The summed E-state index contributed by atoms with van der Waals surface area (Å²) in [6.07, 6.45) is 3.54. The minimum absolute atomic E-state index is 0. The summed E-state index contributed by atoms with van der Waals surface area (Å²) in [7, 11) is 1.77. The van der Waals surface area contributed by atoms with Crippen LogP contribution in [-0.2, 0) is 19.4 Å². The first-order chi connectivity index (χ1) is 11.2. The van der Waals surface area contributed by atoms with Crippen molar-refractivity contribution in [2.24, 2.45) is 4.99 Å². The van der Waals surface area contributed by atoms with E-state index in [0.29, 0.717) is 0 Å². The Kier molecular flexibility index (Phi) is 9.70. The van der Waals surface area contributed by atoms with Gasteiger partial charge in [0.2, 0.25) is 0 Å². The van der Waals surface area contributed by atoms with Gasteiger partial charge in [0.1, 0.15) is 12.2 Å². The second-order valence-electron chi connectivity index (χ2n) is 5.10. The van der Waals surface area contributed by atoms with Crippen LogP contribution >= 0.6 is 35.6 Å². The zero-order chi connectivity index (χ0) is 16.5. The Morgan fingerprint density at radius 2 is 2.08 bits per heavy atom. The number of aryl methyl sites for hydroxylation is 1. The van der Waals surface area contributed by atoms with Crippen molar-refractivity contribution in [2.75, 3.05) is 20.1 Å². The first-order valence-corrected chi connectivity index (χ1v) is 8.16. The zero-order valence-electron chi connectivity index (χ0n) is 14.0. The lowest BCUT2D eigenvalue weighted by molar-refractivity contribution is 0.632. The molecule has 2 aromatic rings. The van der Waals surface area contributed by atoms with Gasteiger partial charge in [-0.25, -0.2) is 0 Å². The molecule has 0 spiro atoms. The van der Waals surface area contributed by atoms with Crippen LogP contribution in [0.4, 0.5) is 0 Å². The van der Waals surface area contributed by atoms with E-state index in [1.807, 2.05) is 22.8 Å². The van der Waals surface area contributed by atoms with Crippen LogP contribution in [0.1, 0.15) is 18.3 Å². The molecule has 0 aliphatic heterocycles. The van der Waals surface area contributed by atoms with Gasteiger partial charge in [0, 0.05) is 38.1 Å². The average Bonchev–Trinajstić information content (AvgIpc) is 3.01. The third kappa shape index (κ3) is 6.64. The molecule has 0 fully saturated rings. The molecule has 0 bridgehead atoms. The van der Waals surface area contributed by atoms with Crippen LogP contribution in [0.2, 0.25) is 5.02 Å². The molecule has 1 aromatic heterocycles. The number of guanidine groups is 1. The number of rotatable bonds is 7. The Hall–Kier alpha value is -1.35. The molecule has 0 aliphatic carbocycles. The molecule has 24 heavy (non-hydrogen) atoms. The predicted molar refractivity (Wildman–Crippen MR) is 109 cm³/mol. The van der Waals surface area contributed by atoms with E-state index in [2.05, 4.69) is 38.8 Å². The fourth-order valence-electron chi connectivity index (χ4n) is 2.27. The average molecular weight is 463 g/mol. The fraction of sp³-hybridized carbons (Fsp3) is 0.438. The predicted octanol–water partition coefficient (Wildman–Crippen LogP) is 2.52. The summed E-state index contributed by atoms with van der Waals surface area (Å²) in [6, 6.07) is 7.91. The van der Waals surface area contributed by atoms with Gasteiger partial charge in [0.05, 0.1) is 0 Å². The molecular weight excluding hydrogens is 439 g/mol. The summed E-state index contributed by atoms with van der Waals surface area (Å²) in [5.41, 5.74) is 1.21. The number of hydrogen-bond donors (Lipinski definition) is 2. The molecule has 0 radical (unpaired) electrons. The van der Waals surface area contributed by atoms with Crippen molar-refractivity contribution < 1.29 is 0 Å². The second kappa shape index (κ2) is 11.2. The summed E-state index contributed by atoms with van der Waals surface area (Å²) in [5, 5.41) is 15.4. The maximum Gasteiger partial charge on any atom is 0.191 e. The number of aliphatic imine (C=N–C) groups is 1. The van der Waals surface area contributed by atoms with E-state index >= 15 is 0 Å². The van der Waals surface area contributed by atoms with E-state index in [1.165, 1.54) is 5.56 Å². The molecule has 0 amide bonds.